The van der Waals surface area contributed by atoms with E-state index in [2.05, 4.69) is 22.0 Å². The van der Waals surface area contributed by atoms with Crippen LogP contribution in [0.4, 0.5) is 5.69 Å². The van der Waals surface area contributed by atoms with E-state index in [0.29, 0.717) is 5.69 Å². The van der Waals surface area contributed by atoms with Crippen molar-refractivity contribution in [2.24, 2.45) is 10.9 Å². The van der Waals surface area contributed by atoms with E-state index in [-0.39, 0.29) is 11.9 Å². The standard InChI is InChI=1S/C12H18N4O2/c1-2-10-8-16(5-6-18-10)9-3-4-11(14-7-9)12(13)15-17/h3-4,7,10,17H,2,5-6,8H2,1H3,(H2,13,15). The Bertz CT molecular complexity index is 419. The molecule has 0 spiro atoms. The highest BCUT2D eigenvalue weighted by atomic mass is 16.5. The van der Waals surface area contributed by atoms with Crippen LogP contribution in [-0.2, 0) is 4.74 Å². The van der Waals surface area contributed by atoms with Gasteiger partial charge in [0, 0.05) is 13.1 Å². The molecule has 6 nitrogen and oxygen atoms in total. The van der Waals surface area contributed by atoms with Crippen LogP contribution in [0.2, 0.25) is 0 Å². The van der Waals surface area contributed by atoms with Gasteiger partial charge in [-0.15, -0.1) is 0 Å². The number of rotatable bonds is 3. The zero-order chi connectivity index (χ0) is 13.0. The predicted molar refractivity (Wildman–Crippen MR) is 69.0 cm³/mol. The quantitative estimate of drug-likeness (QED) is 0.358. The molecule has 1 aromatic heterocycles. The van der Waals surface area contributed by atoms with Crippen LogP contribution in [0.3, 0.4) is 0 Å². The third kappa shape index (κ3) is 2.70. The maximum Gasteiger partial charge on any atom is 0.188 e. The number of hydrogen-bond acceptors (Lipinski definition) is 5. The fourth-order valence-electron chi connectivity index (χ4n) is 1.98. The lowest BCUT2D eigenvalue weighted by molar-refractivity contribution is 0.0384. The van der Waals surface area contributed by atoms with Gasteiger partial charge in [0.15, 0.2) is 5.84 Å². The Morgan fingerprint density at radius 1 is 1.67 bits per heavy atom. The van der Waals surface area contributed by atoms with Gasteiger partial charge in [-0.05, 0) is 18.6 Å². The zero-order valence-corrected chi connectivity index (χ0v) is 10.4. The Hall–Kier alpha value is -1.82. The van der Waals surface area contributed by atoms with Gasteiger partial charge in [0.05, 0.1) is 24.6 Å². The van der Waals surface area contributed by atoms with Gasteiger partial charge in [-0.25, -0.2) is 0 Å². The molecular formula is C12H18N4O2. The topological polar surface area (TPSA) is 84.0 Å². The highest BCUT2D eigenvalue weighted by Gasteiger charge is 2.19. The molecule has 1 aromatic rings. The first kappa shape index (κ1) is 12.6. The SMILES string of the molecule is CCC1CN(c2ccc(/C(N)=N/O)nc2)CCO1. The summed E-state index contributed by atoms with van der Waals surface area (Å²) in [7, 11) is 0. The molecule has 0 aliphatic carbocycles. The van der Waals surface area contributed by atoms with Crippen molar-refractivity contribution in [3.8, 4) is 0 Å². The highest BCUT2D eigenvalue weighted by molar-refractivity contribution is 5.95. The smallest absolute Gasteiger partial charge is 0.188 e. The summed E-state index contributed by atoms with van der Waals surface area (Å²) >= 11 is 0. The minimum Gasteiger partial charge on any atom is -0.409 e. The summed E-state index contributed by atoms with van der Waals surface area (Å²) in [6.07, 6.45) is 3.03. The van der Waals surface area contributed by atoms with E-state index < -0.39 is 0 Å². The number of nitrogens with zero attached hydrogens (tertiary/aromatic N) is 3. The maximum atomic E-state index is 8.57. The molecule has 1 atom stereocenters. The second-order valence-corrected chi connectivity index (χ2v) is 4.23. The molecule has 1 fully saturated rings. The van der Waals surface area contributed by atoms with E-state index in [1.807, 2.05) is 6.07 Å². The molecule has 0 aromatic carbocycles. The molecule has 0 saturated carbocycles. The van der Waals surface area contributed by atoms with E-state index in [1.165, 1.54) is 0 Å². The number of anilines is 1. The van der Waals surface area contributed by atoms with E-state index in [9.17, 15) is 0 Å². The van der Waals surface area contributed by atoms with Crippen LogP contribution in [0.15, 0.2) is 23.5 Å². The van der Waals surface area contributed by atoms with Crippen LogP contribution >= 0.6 is 0 Å². The third-order valence-electron chi connectivity index (χ3n) is 3.08. The monoisotopic (exact) mass is 250 g/mol. The summed E-state index contributed by atoms with van der Waals surface area (Å²) < 4.78 is 5.62. The number of ether oxygens (including phenoxy) is 1. The normalized spacial score (nSPS) is 21.1. The largest absolute Gasteiger partial charge is 0.409 e. The number of oxime groups is 1. The van der Waals surface area contributed by atoms with Crippen molar-refractivity contribution in [1.29, 1.82) is 0 Å². The summed E-state index contributed by atoms with van der Waals surface area (Å²) in [5.41, 5.74) is 6.98. The Morgan fingerprint density at radius 2 is 2.50 bits per heavy atom. The van der Waals surface area contributed by atoms with Gasteiger partial charge in [-0.2, -0.15) is 0 Å². The molecule has 3 N–H and O–H groups in total. The minimum atomic E-state index is 0.0231. The second kappa shape index (κ2) is 5.68. The Morgan fingerprint density at radius 3 is 3.11 bits per heavy atom. The van der Waals surface area contributed by atoms with Gasteiger partial charge in [-0.1, -0.05) is 12.1 Å². The first-order valence-electron chi connectivity index (χ1n) is 6.05. The number of amidine groups is 1. The number of nitrogens with two attached hydrogens (primary N) is 1. The first-order valence-corrected chi connectivity index (χ1v) is 6.05. The number of pyridine rings is 1. The molecule has 1 aliphatic rings. The van der Waals surface area contributed by atoms with E-state index >= 15 is 0 Å². The van der Waals surface area contributed by atoms with Crippen molar-refractivity contribution in [3.63, 3.8) is 0 Å². The van der Waals surface area contributed by atoms with Crippen molar-refractivity contribution in [2.75, 3.05) is 24.6 Å². The number of morpholine rings is 1. The molecule has 0 bridgehead atoms. The number of hydrogen-bond donors (Lipinski definition) is 2. The van der Waals surface area contributed by atoms with Crippen LogP contribution in [0.1, 0.15) is 19.0 Å². The summed E-state index contributed by atoms with van der Waals surface area (Å²) in [6.45, 7) is 4.59. The fraction of sp³-hybridized carbons (Fsp3) is 0.500. The van der Waals surface area contributed by atoms with Crippen LogP contribution in [0.5, 0.6) is 0 Å². The molecule has 98 valence electrons. The lowest BCUT2D eigenvalue weighted by atomic mass is 10.2. The van der Waals surface area contributed by atoms with Gasteiger partial charge in [0.1, 0.15) is 5.69 Å². The van der Waals surface area contributed by atoms with E-state index in [4.69, 9.17) is 15.7 Å². The van der Waals surface area contributed by atoms with Gasteiger partial charge in [0.2, 0.25) is 0 Å². The molecule has 2 rings (SSSR count). The summed E-state index contributed by atoms with van der Waals surface area (Å²) in [5.74, 6) is 0.0231. The molecule has 1 unspecified atom stereocenters. The first-order chi connectivity index (χ1) is 8.74. The highest BCUT2D eigenvalue weighted by Crippen LogP contribution is 2.18. The molecule has 0 radical (unpaired) electrons. The molecule has 1 saturated heterocycles. The molecular weight excluding hydrogens is 232 g/mol. The van der Waals surface area contributed by atoms with Crippen LogP contribution < -0.4 is 10.6 Å². The average Bonchev–Trinajstić information content (AvgIpc) is 2.46. The molecule has 2 heterocycles. The third-order valence-corrected chi connectivity index (χ3v) is 3.08. The fourth-order valence-corrected chi connectivity index (χ4v) is 1.98. The summed E-state index contributed by atoms with van der Waals surface area (Å²) in [6, 6.07) is 3.68. The van der Waals surface area contributed by atoms with Crippen molar-refractivity contribution < 1.29 is 9.94 Å². The van der Waals surface area contributed by atoms with Gasteiger partial charge < -0.3 is 20.6 Å². The maximum absolute atomic E-state index is 8.57. The van der Waals surface area contributed by atoms with Crippen molar-refractivity contribution in [3.05, 3.63) is 24.0 Å². The van der Waals surface area contributed by atoms with Crippen LogP contribution in [-0.4, -0.2) is 41.8 Å². The summed E-state index contributed by atoms with van der Waals surface area (Å²) in [4.78, 5) is 6.41. The van der Waals surface area contributed by atoms with Gasteiger partial charge in [0.25, 0.3) is 0 Å². The molecule has 18 heavy (non-hydrogen) atoms. The minimum absolute atomic E-state index is 0.0231. The van der Waals surface area contributed by atoms with E-state index in [0.717, 1.165) is 31.8 Å². The molecule has 1 aliphatic heterocycles. The van der Waals surface area contributed by atoms with Crippen molar-refractivity contribution in [2.45, 2.75) is 19.4 Å². The van der Waals surface area contributed by atoms with Crippen molar-refractivity contribution >= 4 is 11.5 Å². The Balaban J connectivity index is 2.09. The lowest BCUT2D eigenvalue weighted by Gasteiger charge is -2.33. The zero-order valence-electron chi connectivity index (χ0n) is 10.4. The Kier molecular flexibility index (Phi) is 3.99. The Labute approximate surface area is 106 Å². The lowest BCUT2D eigenvalue weighted by Crippen LogP contribution is -2.42. The number of aromatic nitrogens is 1. The average molecular weight is 250 g/mol. The van der Waals surface area contributed by atoms with E-state index in [1.54, 1.807) is 12.3 Å². The predicted octanol–water partition coefficient (Wildman–Crippen LogP) is 0.791. The van der Waals surface area contributed by atoms with Gasteiger partial charge >= 0.3 is 0 Å². The van der Waals surface area contributed by atoms with Crippen LogP contribution in [0, 0.1) is 0 Å². The van der Waals surface area contributed by atoms with Crippen LogP contribution in [0.25, 0.3) is 0 Å². The second-order valence-electron chi connectivity index (χ2n) is 4.23. The van der Waals surface area contributed by atoms with Crippen molar-refractivity contribution in [1.82, 2.24) is 4.98 Å². The van der Waals surface area contributed by atoms with Gasteiger partial charge in [-0.3, -0.25) is 4.98 Å². The molecule has 0 amide bonds. The molecule has 6 heteroatoms. The summed E-state index contributed by atoms with van der Waals surface area (Å²) in [5, 5.41) is 11.5.